The van der Waals surface area contributed by atoms with Crippen LogP contribution in [0.2, 0.25) is 0 Å². The van der Waals surface area contributed by atoms with Crippen LogP contribution in [0.1, 0.15) is 12.5 Å². The number of hydrogen-bond donors (Lipinski definition) is 1. The van der Waals surface area contributed by atoms with Gasteiger partial charge in [0.05, 0.1) is 7.11 Å². The highest BCUT2D eigenvalue weighted by Gasteiger charge is 2.17. The molecule has 0 aromatic heterocycles. The molecule has 0 unspecified atom stereocenters. The first-order valence-electron chi connectivity index (χ1n) is 8.14. The van der Waals surface area contributed by atoms with Gasteiger partial charge in [-0.2, -0.15) is 0 Å². The number of rotatable bonds is 6. The maximum Gasteiger partial charge on any atom is 0.240 e. The second-order valence-electron chi connectivity index (χ2n) is 5.77. The van der Waals surface area contributed by atoms with Crippen molar-refractivity contribution in [3.05, 3.63) is 48.0 Å². The summed E-state index contributed by atoms with van der Waals surface area (Å²) >= 11 is 0. The van der Waals surface area contributed by atoms with Gasteiger partial charge in [0.15, 0.2) is 11.5 Å². The normalized spacial score (nSPS) is 11.8. The summed E-state index contributed by atoms with van der Waals surface area (Å²) in [5.74, 6) is 1.49. The number of fused-ring (bicyclic) bond motifs is 1. The Balaban J connectivity index is 1.62. The van der Waals surface area contributed by atoms with Gasteiger partial charge < -0.3 is 24.4 Å². The number of nitrogens with one attached hydrogen (secondary N) is 1. The molecule has 0 atom stereocenters. The first-order chi connectivity index (χ1) is 12.6. The summed E-state index contributed by atoms with van der Waals surface area (Å²) in [7, 11) is 1.55. The molecule has 1 aliphatic rings. The minimum Gasteiger partial charge on any atom is -0.497 e. The fraction of sp³-hybridized carbons (Fsp3) is 0.263. The van der Waals surface area contributed by atoms with Crippen LogP contribution >= 0.6 is 0 Å². The predicted octanol–water partition coefficient (Wildman–Crippen LogP) is 2.09. The van der Waals surface area contributed by atoms with Crippen molar-refractivity contribution in [2.75, 3.05) is 25.3 Å². The number of hydrogen-bond acceptors (Lipinski definition) is 5. The number of amides is 2. The fourth-order valence-corrected chi connectivity index (χ4v) is 2.61. The van der Waals surface area contributed by atoms with Gasteiger partial charge in [-0.15, -0.1) is 0 Å². The van der Waals surface area contributed by atoms with Crippen LogP contribution in [0, 0.1) is 0 Å². The van der Waals surface area contributed by atoms with Gasteiger partial charge in [0.2, 0.25) is 18.6 Å². The van der Waals surface area contributed by atoms with Gasteiger partial charge in [0, 0.05) is 25.2 Å². The molecule has 3 rings (SSSR count). The number of nitrogens with zero attached hydrogens (tertiary/aromatic N) is 1. The lowest BCUT2D eigenvalue weighted by molar-refractivity contribution is -0.123. The SMILES string of the molecule is COc1cccc(N(CC(=O)NCc2ccc3c(c2)OCO3)C(C)=O)c1. The molecule has 7 nitrogen and oxygen atoms in total. The Labute approximate surface area is 151 Å². The van der Waals surface area contributed by atoms with Crippen molar-refractivity contribution < 1.29 is 23.8 Å². The average Bonchev–Trinajstić information content (AvgIpc) is 3.12. The van der Waals surface area contributed by atoms with Crippen molar-refractivity contribution in [1.82, 2.24) is 5.32 Å². The van der Waals surface area contributed by atoms with Crippen molar-refractivity contribution in [1.29, 1.82) is 0 Å². The molecule has 0 fully saturated rings. The van der Waals surface area contributed by atoms with Crippen molar-refractivity contribution in [3.8, 4) is 17.2 Å². The molecule has 1 N–H and O–H groups in total. The molecule has 1 heterocycles. The Hall–Kier alpha value is -3.22. The van der Waals surface area contributed by atoms with E-state index in [1.54, 1.807) is 31.4 Å². The van der Waals surface area contributed by atoms with E-state index in [4.69, 9.17) is 14.2 Å². The molecule has 0 radical (unpaired) electrons. The predicted molar refractivity (Wildman–Crippen MR) is 95.4 cm³/mol. The molecular weight excluding hydrogens is 336 g/mol. The van der Waals surface area contributed by atoms with E-state index >= 15 is 0 Å². The lowest BCUT2D eigenvalue weighted by atomic mass is 10.2. The minimum absolute atomic E-state index is 0.0763. The van der Waals surface area contributed by atoms with E-state index in [0.717, 1.165) is 5.56 Å². The van der Waals surface area contributed by atoms with Crippen LogP contribution in [-0.2, 0) is 16.1 Å². The van der Waals surface area contributed by atoms with Crippen molar-refractivity contribution >= 4 is 17.5 Å². The maximum absolute atomic E-state index is 12.3. The summed E-state index contributed by atoms with van der Waals surface area (Å²) in [5, 5.41) is 2.81. The molecule has 2 aromatic rings. The number of carbonyl (C=O) groups is 2. The lowest BCUT2D eigenvalue weighted by Gasteiger charge is -2.21. The summed E-state index contributed by atoms with van der Waals surface area (Å²) in [6, 6.07) is 12.5. The molecule has 7 heteroatoms. The zero-order valence-corrected chi connectivity index (χ0v) is 14.7. The van der Waals surface area contributed by atoms with Crippen molar-refractivity contribution in [3.63, 3.8) is 0 Å². The topological polar surface area (TPSA) is 77.1 Å². The number of methoxy groups -OCH3 is 1. The first-order valence-corrected chi connectivity index (χ1v) is 8.14. The van der Waals surface area contributed by atoms with E-state index in [2.05, 4.69) is 5.32 Å². The van der Waals surface area contributed by atoms with Gasteiger partial charge in [0.25, 0.3) is 0 Å². The zero-order chi connectivity index (χ0) is 18.5. The zero-order valence-electron chi connectivity index (χ0n) is 14.7. The Kier molecular flexibility index (Phi) is 5.26. The lowest BCUT2D eigenvalue weighted by Crippen LogP contribution is -2.39. The second-order valence-corrected chi connectivity index (χ2v) is 5.77. The molecule has 0 saturated heterocycles. The van der Waals surface area contributed by atoms with Crippen LogP contribution in [0.5, 0.6) is 17.2 Å². The molecule has 136 valence electrons. The minimum atomic E-state index is -0.263. The molecular formula is C19H20N2O5. The third-order valence-electron chi connectivity index (χ3n) is 3.97. The number of carbonyl (C=O) groups excluding carboxylic acids is 2. The summed E-state index contributed by atoms with van der Waals surface area (Å²) in [6.07, 6.45) is 0. The molecule has 0 spiro atoms. The van der Waals surface area contributed by atoms with E-state index in [1.165, 1.54) is 11.8 Å². The van der Waals surface area contributed by atoms with Gasteiger partial charge >= 0.3 is 0 Å². The van der Waals surface area contributed by atoms with E-state index in [1.807, 2.05) is 18.2 Å². The van der Waals surface area contributed by atoms with Gasteiger partial charge in [-0.1, -0.05) is 12.1 Å². The first kappa shape index (κ1) is 17.6. The standard InChI is InChI=1S/C19H20N2O5/c1-13(22)21(15-4-3-5-16(9-15)24-2)11-19(23)20-10-14-6-7-17-18(8-14)26-12-25-17/h3-9H,10-12H2,1-2H3,(H,20,23). The molecule has 0 aliphatic carbocycles. The molecule has 2 aromatic carbocycles. The molecule has 2 amide bonds. The fourth-order valence-electron chi connectivity index (χ4n) is 2.61. The highest BCUT2D eigenvalue weighted by Crippen LogP contribution is 2.32. The summed E-state index contributed by atoms with van der Waals surface area (Å²) in [5.41, 5.74) is 1.49. The van der Waals surface area contributed by atoms with Crippen LogP contribution in [0.3, 0.4) is 0 Å². The van der Waals surface area contributed by atoms with Crippen LogP contribution in [-0.4, -0.2) is 32.3 Å². The van der Waals surface area contributed by atoms with Gasteiger partial charge in [-0.25, -0.2) is 0 Å². The quantitative estimate of drug-likeness (QED) is 0.858. The smallest absolute Gasteiger partial charge is 0.240 e. The van der Waals surface area contributed by atoms with Crippen LogP contribution in [0.25, 0.3) is 0 Å². The van der Waals surface area contributed by atoms with Crippen LogP contribution in [0.4, 0.5) is 5.69 Å². The van der Waals surface area contributed by atoms with Gasteiger partial charge in [-0.05, 0) is 29.8 Å². The summed E-state index contributed by atoms with van der Waals surface area (Å²) in [4.78, 5) is 25.7. The summed E-state index contributed by atoms with van der Waals surface area (Å²) in [6.45, 7) is 1.89. The number of ether oxygens (including phenoxy) is 3. The van der Waals surface area contributed by atoms with Crippen molar-refractivity contribution in [2.45, 2.75) is 13.5 Å². The third kappa shape index (κ3) is 4.05. The number of anilines is 1. The van der Waals surface area contributed by atoms with Crippen molar-refractivity contribution in [2.24, 2.45) is 0 Å². The van der Waals surface area contributed by atoms with Gasteiger partial charge in [0.1, 0.15) is 12.3 Å². The van der Waals surface area contributed by atoms with Gasteiger partial charge in [-0.3, -0.25) is 9.59 Å². The third-order valence-corrected chi connectivity index (χ3v) is 3.97. The molecule has 1 aliphatic heterocycles. The van der Waals surface area contributed by atoms with Crippen LogP contribution in [0.15, 0.2) is 42.5 Å². The largest absolute Gasteiger partial charge is 0.497 e. The highest BCUT2D eigenvalue weighted by atomic mass is 16.7. The Morgan fingerprint density at radius 3 is 2.73 bits per heavy atom. The number of benzene rings is 2. The van der Waals surface area contributed by atoms with E-state index in [-0.39, 0.29) is 25.2 Å². The maximum atomic E-state index is 12.3. The molecule has 0 bridgehead atoms. The Morgan fingerprint density at radius 2 is 1.96 bits per heavy atom. The van der Waals surface area contributed by atoms with E-state index in [9.17, 15) is 9.59 Å². The highest BCUT2D eigenvalue weighted by molar-refractivity contribution is 5.97. The molecule has 26 heavy (non-hydrogen) atoms. The summed E-state index contributed by atoms with van der Waals surface area (Å²) < 4.78 is 15.8. The monoisotopic (exact) mass is 356 g/mol. The second kappa shape index (κ2) is 7.77. The Morgan fingerprint density at radius 1 is 1.15 bits per heavy atom. The van der Waals surface area contributed by atoms with E-state index < -0.39 is 0 Å². The van der Waals surface area contributed by atoms with E-state index in [0.29, 0.717) is 29.5 Å². The average molecular weight is 356 g/mol. The molecule has 0 saturated carbocycles. The Bertz CT molecular complexity index is 821. The van der Waals surface area contributed by atoms with Crippen LogP contribution < -0.4 is 24.4 Å².